The lowest BCUT2D eigenvalue weighted by molar-refractivity contribution is 0.0691. The van der Waals surface area contributed by atoms with E-state index in [1.807, 2.05) is 30.3 Å². The first-order chi connectivity index (χ1) is 11.2. The van der Waals surface area contributed by atoms with Gasteiger partial charge in [-0.3, -0.25) is 0 Å². The van der Waals surface area contributed by atoms with Crippen molar-refractivity contribution in [2.24, 2.45) is 0 Å². The molecule has 0 aliphatic carbocycles. The maximum atomic E-state index is 11.4. The molecule has 0 radical (unpaired) electrons. The molecule has 1 aromatic heterocycles. The number of nitrogens with zero attached hydrogens (tertiary/aromatic N) is 3. The molecular weight excluding hydrogens is 294 g/mol. The topological polar surface area (TPSA) is 77.2 Å². The Bertz CT molecular complexity index is 811. The van der Waals surface area contributed by atoms with Gasteiger partial charge in [-0.1, -0.05) is 35.5 Å². The van der Waals surface area contributed by atoms with Gasteiger partial charge in [-0.05, 0) is 29.8 Å². The number of methoxy groups -OCH3 is 1. The molecule has 3 rings (SSSR count). The van der Waals surface area contributed by atoms with Gasteiger partial charge in [-0.25, -0.2) is 9.48 Å². The third-order valence-corrected chi connectivity index (χ3v) is 3.48. The van der Waals surface area contributed by atoms with E-state index >= 15 is 0 Å². The zero-order valence-corrected chi connectivity index (χ0v) is 12.5. The number of benzene rings is 2. The van der Waals surface area contributed by atoms with Crippen LogP contribution in [0.2, 0.25) is 0 Å². The van der Waals surface area contributed by atoms with Gasteiger partial charge in [0.25, 0.3) is 0 Å². The highest BCUT2D eigenvalue weighted by atomic mass is 16.5. The smallest absolute Gasteiger partial charge is 0.358 e. The van der Waals surface area contributed by atoms with Gasteiger partial charge in [0.05, 0.1) is 13.7 Å². The Balaban J connectivity index is 2.05. The fraction of sp³-hybridized carbons (Fsp3) is 0.118. The van der Waals surface area contributed by atoms with Gasteiger partial charge in [0.1, 0.15) is 11.4 Å². The van der Waals surface area contributed by atoms with Crippen LogP contribution in [0.25, 0.3) is 11.3 Å². The van der Waals surface area contributed by atoms with Crippen LogP contribution in [0.3, 0.4) is 0 Å². The van der Waals surface area contributed by atoms with Gasteiger partial charge in [0, 0.05) is 5.56 Å². The molecule has 0 bridgehead atoms. The first-order valence-electron chi connectivity index (χ1n) is 7.04. The summed E-state index contributed by atoms with van der Waals surface area (Å²) in [5, 5.41) is 17.2. The zero-order valence-electron chi connectivity index (χ0n) is 12.5. The van der Waals surface area contributed by atoms with Crippen molar-refractivity contribution in [3.8, 4) is 17.0 Å². The van der Waals surface area contributed by atoms with Crippen LogP contribution >= 0.6 is 0 Å². The van der Waals surface area contributed by atoms with E-state index in [9.17, 15) is 9.90 Å². The molecule has 0 saturated carbocycles. The summed E-state index contributed by atoms with van der Waals surface area (Å²) in [5.41, 5.74) is 2.16. The molecule has 2 aromatic carbocycles. The number of ether oxygens (including phenoxy) is 1. The predicted octanol–water partition coefficient (Wildman–Crippen LogP) is 2.70. The summed E-state index contributed by atoms with van der Waals surface area (Å²) in [4.78, 5) is 11.4. The van der Waals surface area contributed by atoms with Gasteiger partial charge in [0.15, 0.2) is 5.69 Å². The van der Waals surface area contributed by atoms with E-state index in [0.29, 0.717) is 18.0 Å². The van der Waals surface area contributed by atoms with E-state index in [2.05, 4.69) is 10.3 Å². The molecule has 6 nitrogen and oxygen atoms in total. The summed E-state index contributed by atoms with van der Waals surface area (Å²) in [7, 11) is 1.58. The Labute approximate surface area is 133 Å². The molecule has 6 heteroatoms. The van der Waals surface area contributed by atoms with Crippen LogP contribution < -0.4 is 4.74 Å². The minimum atomic E-state index is -1.10. The molecule has 0 aliphatic heterocycles. The Morgan fingerprint density at radius 2 is 1.83 bits per heavy atom. The van der Waals surface area contributed by atoms with Gasteiger partial charge in [-0.2, -0.15) is 0 Å². The Morgan fingerprint density at radius 1 is 1.13 bits per heavy atom. The number of carbonyl (C=O) groups is 1. The minimum absolute atomic E-state index is 0.0638. The molecule has 0 fully saturated rings. The highest BCUT2D eigenvalue weighted by Gasteiger charge is 2.20. The lowest BCUT2D eigenvalue weighted by Gasteiger charge is -2.08. The number of hydrogen-bond acceptors (Lipinski definition) is 4. The normalized spacial score (nSPS) is 10.5. The number of aromatic carboxylic acids is 1. The van der Waals surface area contributed by atoms with Crippen molar-refractivity contribution >= 4 is 5.97 Å². The Kier molecular flexibility index (Phi) is 4.05. The maximum Gasteiger partial charge on any atom is 0.358 e. The standard InChI is InChI=1S/C17H15N3O3/c1-23-14-9-7-13(8-10-14)16-15(17(21)22)18-19-20(16)11-12-5-3-2-4-6-12/h2-10H,11H2,1H3,(H,21,22). The van der Waals surface area contributed by atoms with Crippen molar-refractivity contribution in [2.45, 2.75) is 6.54 Å². The summed E-state index contributed by atoms with van der Waals surface area (Å²) >= 11 is 0. The van der Waals surface area contributed by atoms with Gasteiger partial charge in [-0.15, -0.1) is 5.10 Å². The SMILES string of the molecule is COc1ccc(-c2c(C(=O)O)nnn2Cc2ccccc2)cc1. The molecule has 3 aromatic rings. The van der Waals surface area contributed by atoms with Gasteiger partial charge in [0.2, 0.25) is 0 Å². The Hall–Kier alpha value is -3.15. The van der Waals surface area contributed by atoms with Crippen LogP contribution in [-0.4, -0.2) is 33.2 Å². The minimum Gasteiger partial charge on any atom is -0.497 e. The molecule has 0 saturated heterocycles. The van der Waals surface area contributed by atoms with Crippen molar-refractivity contribution in [3.05, 3.63) is 65.9 Å². The van der Waals surface area contributed by atoms with Crippen LogP contribution in [0.5, 0.6) is 5.75 Å². The summed E-state index contributed by atoms with van der Waals surface area (Å²) in [6.07, 6.45) is 0. The highest BCUT2D eigenvalue weighted by molar-refractivity contribution is 5.92. The van der Waals surface area contributed by atoms with E-state index in [1.165, 1.54) is 0 Å². The summed E-state index contributed by atoms with van der Waals surface area (Å²) < 4.78 is 6.73. The molecule has 1 N–H and O–H groups in total. The average molecular weight is 309 g/mol. The predicted molar refractivity (Wildman–Crippen MR) is 84.5 cm³/mol. The third kappa shape index (κ3) is 3.06. The van der Waals surface area contributed by atoms with Crippen molar-refractivity contribution in [1.82, 2.24) is 15.0 Å². The zero-order chi connectivity index (χ0) is 16.2. The maximum absolute atomic E-state index is 11.4. The van der Waals surface area contributed by atoms with Gasteiger partial charge >= 0.3 is 5.97 Å². The summed E-state index contributed by atoms with van der Waals surface area (Å²) in [6.45, 7) is 0.447. The fourth-order valence-corrected chi connectivity index (χ4v) is 2.36. The van der Waals surface area contributed by atoms with Crippen LogP contribution in [0.4, 0.5) is 0 Å². The number of carboxylic acid groups (broad SMARTS) is 1. The number of rotatable bonds is 5. The molecule has 0 aliphatic rings. The quantitative estimate of drug-likeness (QED) is 0.784. The molecule has 116 valence electrons. The van der Waals surface area contributed by atoms with Crippen LogP contribution in [0.15, 0.2) is 54.6 Å². The molecule has 1 heterocycles. The number of aromatic nitrogens is 3. The second kappa shape index (κ2) is 6.31. The molecule has 23 heavy (non-hydrogen) atoms. The van der Waals surface area contributed by atoms with Gasteiger partial charge < -0.3 is 9.84 Å². The Morgan fingerprint density at radius 3 is 2.43 bits per heavy atom. The molecule has 0 atom stereocenters. The van der Waals surface area contributed by atoms with E-state index in [1.54, 1.807) is 36.1 Å². The third-order valence-electron chi connectivity index (χ3n) is 3.48. The molecule has 0 spiro atoms. The number of carboxylic acids is 1. The monoisotopic (exact) mass is 309 g/mol. The van der Waals surface area contributed by atoms with Crippen LogP contribution in [0.1, 0.15) is 16.1 Å². The summed E-state index contributed by atoms with van der Waals surface area (Å²) in [5.74, 6) is -0.400. The van der Waals surface area contributed by atoms with E-state index in [4.69, 9.17) is 4.74 Å². The second-order valence-corrected chi connectivity index (χ2v) is 4.96. The van der Waals surface area contributed by atoms with Crippen LogP contribution in [0, 0.1) is 0 Å². The van der Waals surface area contributed by atoms with E-state index in [0.717, 1.165) is 11.1 Å². The second-order valence-electron chi connectivity index (χ2n) is 4.96. The highest BCUT2D eigenvalue weighted by Crippen LogP contribution is 2.25. The van der Waals surface area contributed by atoms with Crippen molar-refractivity contribution in [1.29, 1.82) is 0 Å². The fourth-order valence-electron chi connectivity index (χ4n) is 2.36. The first-order valence-corrected chi connectivity index (χ1v) is 7.04. The molecule has 0 amide bonds. The molecule has 0 unspecified atom stereocenters. The van der Waals surface area contributed by atoms with Crippen LogP contribution in [-0.2, 0) is 6.54 Å². The van der Waals surface area contributed by atoms with Crippen molar-refractivity contribution < 1.29 is 14.6 Å². The lowest BCUT2D eigenvalue weighted by Crippen LogP contribution is -2.06. The van der Waals surface area contributed by atoms with E-state index in [-0.39, 0.29) is 5.69 Å². The lowest BCUT2D eigenvalue weighted by atomic mass is 10.1. The van der Waals surface area contributed by atoms with E-state index < -0.39 is 5.97 Å². The van der Waals surface area contributed by atoms with Crippen molar-refractivity contribution in [3.63, 3.8) is 0 Å². The average Bonchev–Trinajstić information content (AvgIpc) is 3.00. The molecular formula is C17H15N3O3. The first kappa shape index (κ1) is 14.8. The summed E-state index contributed by atoms with van der Waals surface area (Å²) in [6, 6.07) is 16.9. The largest absolute Gasteiger partial charge is 0.497 e. The number of hydrogen-bond donors (Lipinski definition) is 1. The van der Waals surface area contributed by atoms with Crippen molar-refractivity contribution in [2.75, 3.05) is 7.11 Å².